The lowest BCUT2D eigenvalue weighted by Crippen LogP contribution is -2.30. The van der Waals surface area contributed by atoms with Crippen molar-refractivity contribution in [2.24, 2.45) is 0 Å². The summed E-state index contributed by atoms with van der Waals surface area (Å²) in [7, 11) is 3.05. The molecule has 0 bridgehead atoms. The van der Waals surface area contributed by atoms with Gasteiger partial charge in [-0.2, -0.15) is 0 Å². The maximum Gasteiger partial charge on any atom is 0.343 e. The number of rotatable bonds is 8. The number of hydrogen-bond acceptors (Lipinski definition) is 7. The quantitative estimate of drug-likeness (QED) is 0.177. The SMILES string of the molecule is COc1ccc(C(=O)Oc2ccc(/C=C3\SC(=S)N(CCc4ccccc4)C3=O)cc2OC)cc1. The minimum atomic E-state index is -0.516. The molecule has 6 nitrogen and oxygen atoms in total. The number of esters is 1. The summed E-state index contributed by atoms with van der Waals surface area (Å²) in [6, 6.07) is 21.7. The first-order chi connectivity index (χ1) is 17.0. The molecular weight excluding hydrogens is 482 g/mol. The first-order valence-electron chi connectivity index (χ1n) is 10.8. The fourth-order valence-electron chi connectivity index (χ4n) is 3.47. The second kappa shape index (κ2) is 11.2. The van der Waals surface area contributed by atoms with Crippen LogP contribution in [0.2, 0.25) is 0 Å². The van der Waals surface area contributed by atoms with E-state index in [2.05, 4.69) is 0 Å². The Morgan fingerprint density at radius 3 is 2.40 bits per heavy atom. The third-order valence-corrected chi connectivity index (χ3v) is 6.73. The lowest BCUT2D eigenvalue weighted by atomic mass is 10.1. The smallest absolute Gasteiger partial charge is 0.343 e. The summed E-state index contributed by atoms with van der Waals surface area (Å²) in [5.41, 5.74) is 2.26. The van der Waals surface area contributed by atoms with E-state index >= 15 is 0 Å². The van der Waals surface area contributed by atoms with E-state index in [0.717, 1.165) is 17.5 Å². The van der Waals surface area contributed by atoms with Gasteiger partial charge < -0.3 is 14.2 Å². The van der Waals surface area contributed by atoms with Gasteiger partial charge in [0.25, 0.3) is 5.91 Å². The van der Waals surface area contributed by atoms with Crippen LogP contribution >= 0.6 is 24.0 Å². The van der Waals surface area contributed by atoms with E-state index in [1.807, 2.05) is 30.3 Å². The average Bonchev–Trinajstić information content (AvgIpc) is 3.15. The van der Waals surface area contributed by atoms with Crippen molar-refractivity contribution in [3.05, 3.63) is 94.4 Å². The van der Waals surface area contributed by atoms with Crippen molar-refractivity contribution < 1.29 is 23.8 Å². The van der Waals surface area contributed by atoms with E-state index in [1.54, 1.807) is 60.6 Å². The molecule has 0 unspecified atom stereocenters. The molecule has 0 radical (unpaired) electrons. The van der Waals surface area contributed by atoms with Crippen LogP contribution in [0.1, 0.15) is 21.5 Å². The molecule has 1 aliphatic heterocycles. The Balaban J connectivity index is 1.46. The second-order valence-corrected chi connectivity index (χ2v) is 9.27. The predicted octanol–water partition coefficient (Wildman–Crippen LogP) is 5.37. The molecule has 1 heterocycles. The zero-order valence-electron chi connectivity index (χ0n) is 19.2. The van der Waals surface area contributed by atoms with Gasteiger partial charge in [-0.15, -0.1) is 0 Å². The summed E-state index contributed by atoms with van der Waals surface area (Å²) in [6.45, 7) is 0.523. The van der Waals surface area contributed by atoms with Crippen molar-refractivity contribution in [1.29, 1.82) is 0 Å². The monoisotopic (exact) mass is 505 g/mol. The normalized spacial score (nSPS) is 14.3. The van der Waals surface area contributed by atoms with Gasteiger partial charge in [0.2, 0.25) is 0 Å². The Bertz CT molecular complexity index is 1270. The van der Waals surface area contributed by atoms with E-state index < -0.39 is 5.97 Å². The van der Waals surface area contributed by atoms with Gasteiger partial charge >= 0.3 is 5.97 Å². The summed E-state index contributed by atoms with van der Waals surface area (Å²) in [4.78, 5) is 27.6. The standard InChI is InChI=1S/C27H23NO5S2/c1-31-21-11-9-20(10-12-21)26(30)33-22-13-8-19(16-23(22)32-2)17-24-25(29)28(27(34)35-24)15-14-18-6-4-3-5-7-18/h3-13,16-17H,14-15H2,1-2H3/b24-17-. The average molecular weight is 506 g/mol. The maximum absolute atomic E-state index is 13.0. The molecule has 0 saturated carbocycles. The number of ether oxygens (including phenoxy) is 3. The first kappa shape index (κ1) is 24.5. The van der Waals surface area contributed by atoms with Crippen LogP contribution in [0.5, 0.6) is 17.2 Å². The zero-order valence-corrected chi connectivity index (χ0v) is 20.9. The molecule has 3 aromatic rings. The molecule has 0 atom stereocenters. The largest absolute Gasteiger partial charge is 0.497 e. The van der Waals surface area contributed by atoms with Crippen LogP contribution in [0, 0.1) is 0 Å². The number of thioether (sulfide) groups is 1. The van der Waals surface area contributed by atoms with Crippen molar-refractivity contribution in [1.82, 2.24) is 4.90 Å². The third-order valence-electron chi connectivity index (χ3n) is 5.35. The number of nitrogens with zero attached hydrogens (tertiary/aromatic N) is 1. The molecule has 1 fully saturated rings. The summed E-state index contributed by atoms with van der Waals surface area (Å²) < 4.78 is 16.6. The molecule has 1 aliphatic rings. The Labute approximate surface area is 213 Å². The fraction of sp³-hybridized carbons (Fsp3) is 0.148. The van der Waals surface area contributed by atoms with Gasteiger partial charge in [-0.05, 0) is 60.0 Å². The van der Waals surface area contributed by atoms with Crippen molar-refractivity contribution >= 4 is 46.3 Å². The summed E-state index contributed by atoms with van der Waals surface area (Å²) >= 11 is 6.72. The molecule has 4 rings (SSSR count). The van der Waals surface area contributed by atoms with Crippen molar-refractivity contribution in [3.63, 3.8) is 0 Å². The highest BCUT2D eigenvalue weighted by Crippen LogP contribution is 2.35. The molecule has 178 valence electrons. The lowest BCUT2D eigenvalue weighted by molar-refractivity contribution is -0.122. The van der Waals surface area contributed by atoms with Gasteiger partial charge in [0.15, 0.2) is 11.5 Å². The Hall–Kier alpha value is -3.62. The molecule has 0 aromatic heterocycles. The van der Waals surface area contributed by atoms with E-state index in [4.69, 9.17) is 26.4 Å². The van der Waals surface area contributed by atoms with Gasteiger partial charge in [-0.3, -0.25) is 9.69 Å². The van der Waals surface area contributed by atoms with Crippen molar-refractivity contribution in [2.75, 3.05) is 20.8 Å². The minimum Gasteiger partial charge on any atom is -0.497 e. The number of carbonyl (C=O) groups excluding carboxylic acids is 2. The van der Waals surface area contributed by atoms with Crippen LogP contribution in [0.3, 0.4) is 0 Å². The van der Waals surface area contributed by atoms with Crippen molar-refractivity contribution in [2.45, 2.75) is 6.42 Å². The molecule has 1 amide bonds. The van der Waals surface area contributed by atoms with E-state index in [9.17, 15) is 9.59 Å². The maximum atomic E-state index is 13.0. The molecule has 8 heteroatoms. The molecule has 1 saturated heterocycles. The Morgan fingerprint density at radius 1 is 0.971 bits per heavy atom. The highest BCUT2D eigenvalue weighted by atomic mass is 32.2. The first-order valence-corrected chi connectivity index (χ1v) is 12.0. The molecular formula is C27H23NO5S2. The van der Waals surface area contributed by atoms with E-state index in [0.29, 0.717) is 32.8 Å². The highest BCUT2D eigenvalue weighted by molar-refractivity contribution is 8.26. The number of amides is 1. The second-order valence-electron chi connectivity index (χ2n) is 7.60. The number of carbonyl (C=O) groups is 2. The highest BCUT2D eigenvalue weighted by Gasteiger charge is 2.31. The van der Waals surface area contributed by atoms with Crippen LogP contribution < -0.4 is 14.2 Å². The molecule has 0 N–H and O–H groups in total. The minimum absolute atomic E-state index is 0.120. The topological polar surface area (TPSA) is 65.1 Å². The van der Waals surface area contributed by atoms with Gasteiger partial charge in [0.1, 0.15) is 10.1 Å². The van der Waals surface area contributed by atoms with E-state index in [-0.39, 0.29) is 11.7 Å². The van der Waals surface area contributed by atoms with Crippen molar-refractivity contribution in [3.8, 4) is 17.2 Å². The van der Waals surface area contributed by atoms with Gasteiger partial charge in [-0.25, -0.2) is 4.79 Å². The number of methoxy groups -OCH3 is 2. The van der Waals surface area contributed by atoms with Gasteiger partial charge in [0, 0.05) is 6.54 Å². The molecule has 0 spiro atoms. The summed E-state index contributed by atoms with van der Waals surface area (Å²) in [5, 5.41) is 0. The van der Waals surface area contributed by atoms with Gasteiger partial charge in [0.05, 0.1) is 24.7 Å². The van der Waals surface area contributed by atoms with Crippen LogP contribution in [0.4, 0.5) is 0 Å². The van der Waals surface area contributed by atoms with Crippen LogP contribution in [0.15, 0.2) is 77.7 Å². The summed E-state index contributed by atoms with van der Waals surface area (Å²) in [6.07, 6.45) is 2.49. The lowest BCUT2D eigenvalue weighted by Gasteiger charge is -2.14. The zero-order chi connectivity index (χ0) is 24.8. The summed E-state index contributed by atoms with van der Waals surface area (Å²) in [5.74, 6) is 0.665. The molecule has 3 aromatic carbocycles. The Kier molecular flexibility index (Phi) is 7.84. The number of hydrogen-bond donors (Lipinski definition) is 0. The van der Waals surface area contributed by atoms with Crippen LogP contribution in [-0.4, -0.2) is 41.9 Å². The van der Waals surface area contributed by atoms with Crippen LogP contribution in [0.25, 0.3) is 6.08 Å². The number of benzene rings is 3. The molecule has 35 heavy (non-hydrogen) atoms. The Morgan fingerprint density at radius 2 is 1.71 bits per heavy atom. The predicted molar refractivity (Wildman–Crippen MR) is 141 cm³/mol. The van der Waals surface area contributed by atoms with Gasteiger partial charge in [-0.1, -0.05) is 60.4 Å². The molecule has 0 aliphatic carbocycles. The number of thiocarbonyl (C=S) groups is 1. The fourth-order valence-corrected chi connectivity index (χ4v) is 4.78. The van der Waals surface area contributed by atoms with Crippen LogP contribution in [-0.2, 0) is 11.2 Å². The third kappa shape index (κ3) is 5.90. The van der Waals surface area contributed by atoms with E-state index in [1.165, 1.54) is 18.9 Å².